The molecule has 0 atom stereocenters. The molecule has 1 aromatic rings. The van der Waals surface area contributed by atoms with Gasteiger partial charge in [-0.3, -0.25) is 0 Å². The highest BCUT2D eigenvalue weighted by Crippen LogP contribution is 2.13. The molecule has 0 saturated carbocycles. The van der Waals surface area contributed by atoms with Crippen molar-refractivity contribution in [1.82, 2.24) is 0 Å². The molecule has 0 aliphatic heterocycles. The number of hydrogen-bond donors (Lipinski definition) is 1. The Balaban J connectivity index is 2.86. The zero-order valence-corrected chi connectivity index (χ0v) is 7.91. The molecule has 2 N–H and O–H groups in total. The number of nitrogen functional groups attached to an aromatic ring is 1. The predicted molar refractivity (Wildman–Crippen MR) is 54.7 cm³/mol. The van der Waals surface area contributed by atoms with E-state index < -0.39 is 5.97 Å². The van der Waals surface area contributed by atoms with Crippen molar-refractivity contribution in [3.05, 3.63) is 29.3 Å². The first kappa shape index (κ1) is 10.1. The van der Waals surface area contributed by atoms with Gasteiger partial charge in [0, 0.05) is 5.69 Å². The van der Waals surface area contributed by atoms with Crippen molar-refractivity contribution in [3.8, 4) is 12.3 Å². The second-order valence-corrected chi connectivity index (χ2v) is 2.85. The van der Waals surface area contributed by atoms with Gasteiger partial charge in [-0.1, -0.05) is 5.92 Å². The Bertz CT molecular complexity index is 391. The molecule has 72 valence electrons. The molecule has 0 aliphatic carbocycles. The lowest BCUT2D eigenvalue weighted by Crippen LogP contribution is -2.07. The van der Waals surface area contributed by atoms with E-state index >= 15 is 0 Å². The lowest BCUT2D eigenvalue weighted by molar-refractivity contribution is 0.0556. The summed E-state index contributed by atoms with van der Waals surface area (Å²) in [7, 11) is 0. The zero-order chi connectivity index (χ0) is 10.6. The van der Waals surface area contributed by atoms with Gasteiger partial charge in [-0.2, -0.15) is 0 Å². The molecule has 3 heteroatoms. The highest BCUT2D eigenvalue weighted by molar-refractivity contribution is 5.91. The van der Waals surface area contributed by atoms with Crippen molar-refractivity contribution in [2.24, 2.45) is 0 Å². The minimum absolute atomic E-state index is 0.0113. The molecule has 0 fully saturated rings. The predicted octanol–water partition coefficient (Wildman–Crippen LogP) is 1.37. The van der Waals surface area contributed by atoms with Crippen molar-refractivity contribution in [3.63, 3.8) is 0 Å². The summed E-state index contributed by atoms with van der Waals surface area (Å²) < 4.78 is 4.78. The first-order valence-corrected chi connectivity index (χ1v) is 4.12. The number of carbonyl (C=O) groups is 1. The summed E-state index contributed by atoms with van der Waals surface area (Å²) >= 11 is 0. The average molecular weight is 189 g/mol. The van der Waals surface area contributed by atoms with Crippen LogP contribution in [0.4, 0.5) is 5.69 Å². The van der Waals surface area contributed by atoms with Gasteiger partial charge in [0.1, 0.15) is 0 Å². The molecule has 0 bridgehead atoms. The molecule has 0 unspecified atom stereocenters. The number of rotatable bonds is 2. The third-order valence-corrected chi connectivity index (χ3v) is 1.76. The van der Waals surface area contributed by atoms with Gasteiger partial charge >= 0.3 is 5.97 Å². The Hall–Kier alpha value is -1.95. The molecular formula is C11H11NO2. The number of esters is 1. The summed E-state index contributed by atoms with van der Waals surface area (Å²) in [5, 5.41) is 0. The van der Waals surface area contributed by atoms with Crippen molar-refractivity contribution in [2.75, 3.05) is 12.3 Å². The molecule has 0 heterocycles. The summed E-state index contributed by atoms with van der Waals surface area (Å²) in [6.07, 6.45) is 4.97. The average Bonchev–Trinajstić information content (AvgIpc) is 2.14. The van der Waals surface area contributed by atoms with Crippen LogP contribution in [0.25, 0.3) is 0 Å². The van der Waals surface area contributed by atoms with Gasteiger partial charge in [0.05, 0.1) is 5.56 Å². The van der Waals surface area contributed by atoms with E-state index in [1.54, 1.807) is 25.1 Å². The third kappa shape index (κ3) is 2.27. The number of nitrogens with two attached hydrogens (primary N) is 1. The maximum atomic E-state index is 11.4. The Morgan fingerprint density at radius 3 is 2.93 bits per heavy atom. The van der Waals surface area contributed by atoms with Gasteiger partial charge < -0.3 is 10.5 Å². The number of anilines is 1. The van der Waals surface area contributed by atoms with Crippen LogP contribution < -0.4 is 5.73 Å². The highest BCUT2D eigenvalue weighted by Gasteiger charge is 2.09. The Morgan fingerprint density at radius 2 is 2.36 bits per heavy atom. The highest BCUT2D eigenvalue weighted by atomic mass is 16.5. The van der Waals surface area contributed by atoms with Crippen molar-refractivity contribution >= 4 is 11.7 Å². The summed E-state index contributed by atoms with van der Waals surface area (Å²) in [6.45, 7) is 1.78. The van der Waals surface area contributed by atoms with E-state index in [9.17, 15) is 4.79 Å². The second kappa shape index (κ2) is 4.33. The fraction of sp³-hybridized carbons (Fsp3) is 0.182. The fourth-order valence-electron chi connectivity index (χ4n) is 1.10. The first-order chi connectivity index (χ1) is 6.65. The van der Waals surface area contributed by atoms with Crippen LogP contribution in [0.2, 0.25) is 0 Å². The molecule has 0 aliphatic rings. The van der Waals surface area contributed by atoms with Crippen LogP contribution in [0.5, 0.6) is 0 Å². The molecule has 3 nitrogen and oxygen atoms in total. The Labute approximate surface area is 82.9 Å². The molecule has 0 aromatic heterocycles. The summed E-state index contributed by atoms with van der Waals surface area (Å²) in [4.78, 5) is 11.4. The van der Waals surface area contributed by atoms with Gasteiger partial charge in [-0.25, -0.2) is 4.79 Å². The van der Waals surface area contributed by atoms with Gasteiger partial charge in [-0.15, -0.1) is 6.42 Å². The number of terminal acetylenes is 1. The maximum absolute atomic E-state index is 11.4. The van der Waals surface area contributed by atoms with E-state index in [0.717, 1.165) is 5.56 Å². The summed E-state index contributed by atoms with van der Waals surface area (Å²) in [6, 6.07) is 5.00. The number of ether oxygens (including phenoxy) is 1. The van der Waals surface area contributed by atoms with Gasteiger partial charge in [-0.05, 0) is 30.7 Å². The van der Waals surface area contributed by atoms with E-state index in [-0.39, 0.29) is 6.61 Å². The minimum Gasteiger partial charge on any atom is -0.449 e. The molecule has 0 spiro atoms. The maximum Gasteiger partial charge on any atom is 0.339 e. The lowest BCUT2D eigenvalue weighted by atomic mass is 10.1. The van der Waals surface area contributed by atoms with E-state index in [1.807, 2.05) is 0 Å². The standard InChI is InChI=1S/C11H11NO2/c1-3-6-14-11(13)10-5-4-9(12)7-8(10)2/h1,4-5,7H,6,12H2,2H3. The molecule has 0 amide bonds. The fourth-order valence-corrected chi connectivity index (χ4v) is 1.10. The molecule has 0 saturated heterocycles. The molecule has 14 heavy (non-hydrogen) atoms. The molecule has 1 aromatic carbocycles. The van der Waals surface area contributed by atoms with Crippen LogP contribution in [0.1, 0.15) is 15.9 Å². The normalized spacial score (nSPS) is 9.14. The van der Waals surface area contributed by atoms with E-state index in [0.29, 0.717) is 11.3 Å². The van der Waals surface area contributed by atoms with Crippen molar-refractivity contribution in [2.45, 2.75) is 6.92 Å². The van der Waals surface area contributed by atoms with Crippen LogP contribution in [-0.4, -0.2) is 12.6 Å². The van der Waals surface area contributed by atoms with Gasteiger partial charge in [0.15, 0.2) is 6.61 Å². The van der Waals surface area contributed by atoms with Crippen LogP contribution in [-0.2, 0) is 4.74 Å². The third-order valence-electron chi connectivity index (χ3n) is 1.76. The number of carbonyl (C=O) groups excluding carboxylic acids is 1. The largest absolute Gasteiger partial charge is 0.449 e. The SMILES string of the molecule is C#CCOC(=O)c1ccc(N)cc1C. The van der Waals surface area contributed by atoms with Crippen molar-refractivity contribution < 1.29 is 9.53 Å². The quantitative estimate of drug-likeness (QED) is 0.434. The number of aryl methyl sites for hydroxylation is 1. The first-order valence-electron chi connectivity index (χ1n) is 4.12. The van der Waals surface area contributed by atoms with E-state index in [1.165, 1.54) is 0 Å². The smallest absolute Gasteiger partial charge is 0.339 e. The number of hydrogen-bond acceptors (Lipinski definition) is 3. The van der Waals surface area contributed by atoms with Crippen LogP contribution in [0.3, 0.4) is 0 Å². The molecule has 1 rings (SSSR count). The summed E-state index contributed by atoms with van der Waals surface area (Å²) in [5.74, 6) is 1.82. The number of benzene rings is 1. The summed E-state index contributed by atoms with van der Waals surface area (Å²) in [5.41, 5.74) is 7.44. The van der Waals surface area contributed by atoms with Crippen LogP contribution in [0.15, 0.2) is 18.2 Å². The monoisotopic (exact) mass is 189 g/mol. The van der Waals surface area contributed by atoms with Gasteiger partial charge in [0.25, 0.3) is 0 Å². The topological polar surface area (TPSA) is 52.3 Å². The van der Waals surface area contributed by atoms with Crippen molar-refractivity contribution in [1.29, 1.82) is 0 Å². The zero-order valence-electron chi connectivity index (χ0n) is 7.91. The minimum atomic E-state index is -0.416. The lowest BCUT2D eigenvalue weighted by Gasteiger charge is -2.05. The van der Waals surface area contributed by atoms with Crippen LogP contribution in [0, 0.1) is 19.3 Å². The van der Waals surface area contributed by atoms with Gasteiger partial charge in [0.2, 0.25) is 0 Å². The molecular weight excluding hydrogens is 178 g/mol. The second-order valence-electron chi connectivity index (χ2n) is 2.85. The molecule has 0 radical (unpaired) electrons. The van der Waals surface area contributed by atoms with E-state index in [2.05, 4.69) is 5.92 Å². The Morgan fingerprint density at radius 1 is 1.64 bits per heavy atom. The Kier molecular flexibility index (Phi) is 3.14. The van der Waals surface area contributed by atoms with Crippen LogP contribution >= 0.6 is 0 Å². The van der Waals surface area contributed by atoms with E-state index in [4.69, 9.17) is 16.9 Å².